The van der Waals surface area contributed by atoms with Crippen LogP contribution in [0.2, 0.25) is 0 Å². The molecule has 2 heterocycles. The third-order valence-corrected chi connectivity index (χ3v) is 7.72. The van der Waals surface area contributed by atoms with E-state index in [0.29, 0.717) is 22.4 Å². The molecule has 0 unspecified atom stereocenters. The second-order valence-corrected chi connectivity index (χ2v) is 10.2. The van der Waals surface area contributed by atoms with Crippen molar-refractivity contribution in [2.24, 2.45) is 0 Å². The van der Waals surface area contributed by atoms with E-state index in [1.54, 1.807) is 50.3 Å². The lowest BCUT2D eigenvalue weighted by Crippen LogP contribution is -2.05. The minimum atomic E-state index is -0.557. The summed E-state index contributed by atoms with van der Waals surface area (Å²) in [6, 6.07) is 14.9. The van der Waals surface area contributed by atoms with Gasteiger partial charge in [-0.25, -0.2) is 14.8 Å². The topological polar surface area (TPSA) is 90.8 Å². The molecule has 0 atom stereocenters. The van der Waals surface area contributed by atoms with Gasteiger partial charge in [-0.2, -0.15) is 0 Å². The molecule has 0 saturated heterocycles. The van der Waals surface area contributed by atoms with Crippen LogP contribution in [-0.2, 0) is 10.5 Å². The molecule has 2 aromatic heterocycles. The summed E-state index contributed by atoms with van der Waals surface area (Å²) in [5.74, 6) is 1.25. The zero-order chi connectivity index (χ0) is 26.5. The monoisotopic (exact) mass is 536 g/mol. The fraction of sp³-hybridized carbons (Fsp3) is 0.250. The summed E-state index contributed by atoms with van der Waals surface area (Å²) in [6.45, 7) is 5.87. The summed E-state index contributed by atoms with van der Waals surface area (Å²) < 4.78 is 16.0. The van der Waals surface area contributed by atoms with Crippen molar-refractivity contribution in [3.8, 4) is 38.1 Å². The van der Waals surface area contributed by atoms with Gasteiger partial charge in [-0.3, -0.25) is 0 Å². The molecule has 0 radical (unpaired) electrons. The van der Waals surface area contributed by atoms with Gasteiger partial charge in [-0.1, -0.05) is 11.8 Å². The predicted octanol–water partition coefficient (Wildman–Crippen LogP) is 6.68. The van der Waals surface area contributed by atoms with Crippen molar-refractivity contribution >= 4 is 29.1 Å². The van der Waals surface area contributed by atoms with Crippen molar-refractivity contribution in [3.05, 3.63) is 71.0 Å². The molecule has 0 saturated carbocycles. The molecule has 0 spiro atoms. The van der Waals surface area contributed by atoms with Crippen molar-refractivity contribution in [3.63, 3.8) is 0 Å². The van der Waals surface area contributed by atoms with Gasteiger partial charge in [-0.05, 0) is 86.0 Å². The fourth-order valence-electron chi connectivity index (χ4n) is 3.86. The molecule has 0 aliphatic rings. The highest BCUT2D eigenvalue weighted by Gasteiger charge is 2.19. The van der Waals surface area contributed by atoms with Crippen molar-refractivity contribution in [2.45, 2.75) is 31.7 Å². The van der Waals surface area contributed by atoms with E-state index in [9.17, 15) is 9.90 Å². The van der Waals surface area contributed by atoms with Gasteiger partial charge in [0.2, 0.25) is 0 Å². The number of hydrogen-bond acceptors (Lipinski definition) is 9. The Morgan fingerprint density at radius 2 is 1.65 bits per heavy atom. The Hall–Kier alpha value is -3.56. The number of thioether (sulfide) groups is 1. The molecule has 0 aliphatic carbocycles. The first kappa shape index (κ1) is 26.5. The van der Waals surface area contributed by atoms with Gasteiger partial charge in [-0.15, -0.1) is 11.3 Å². The van der Waals surface area contributed by atoms with Gasteiger partial charge in [0.15, 0.2) is 16.7 Å². The van der Waals surface area contributed by atoms with E-state index >= 15 is 0 Å². The normalized spacial score (nSPS) is 10.8. The summed E-state index contributed by atoms with van der Waals surface area (Å²) in [7, 11) is 3.22. The average Bonchev–Trinajstić information content (AvgIpc) is 3.31. The molecule has 37 heavy (non-hydrogen) atoms. The molecular weight excluding hydrogens is 508 g/mol. The van der Waals surface area contributed by atoms with E-state index in [4.69, 9.17) is 14.2 Å². The van der Waals surface area contributed by atoms with E-state index in [-0.39, 0.29) is 17.9 Å². The lowest BCUT2D eigenvalue weighted by molar-refractivity contribution is 0.0523. The SMILES string of the molecule is CCOC(=O)c1cc(-c2sc(-c3ccc(OC)c(OC)c3)cc2CSc2nc(C)cc(C)n2)ccc1O. The summed E-state index contributed by atoms with van der Waals surface area (Å²) >= 11 is 3.15. The minimum absolute atomic E-state index is 0.113. The number of thiophene rings is 1. The largest absolute Gasteiger partial charge is 0.507 e. The number of esters is 1. The highest BCUT2D eigenvalue weighted by molar-refractivity contribution is 7.98. The molecule has 1 N–H and O–H groups in total. The molecule has 192 valence electrons. The maximum atomic E-state index is 12.4. The van der Waals surface area contributed by atoms with Crippen LogP contribution in [0.1, 0.15) is 34.2 Å². The quantitative estimate of drug-likeness (QED) is 0.144. The maximum Gasteiger partial charge on any atom is 0.341 e. The molecule has 0 fully saturated rings. The molecule has 4 rings (SSSR count). The van der Waals surface area contributed by atoms with E-state index in [1.807, 2.05) is 44.2 Å². The fourth-order valence-corrected chi connectivity index (χ4v) is 6.06. The van der Waals surface area contributed by atoms with Crippen LogP contribution >= 0.6 is 23.1 Å². The molecule has 0 amide bonds. The van der Waals surface area contributed by atoms with Crippen LogP contribution in [0.5, 0.6) is 17.2 Å². The van der Waals surface area contributed by atoms with Gasteiger partial charge >= 0.3 is 5.97 Å². The van der Waals surface area contributed by atoms with Gasteiger partial charge in [0.05, 0.1) is 20.8 Å². The van der Waals surface area contributed by atoms with Crippen LogP contribution in [0.25, 0.3) is 20.9 Å². The van der Waals surface area contributed by atoms with Crippen molar-refractivity contribution < 1.29 is 24.1 Å². The predicted molar refractivity (Wildman–Crippen MR) is 147 cm³/mol. The number of phenols is 1. The van der Waals surface area contributed by atoms with Crippen molar-refractivity contribution in [2.75, 3.05) is 20.8 Å². The first-order valence-corrected chi connectivity index (χ1v) is 13.4. The molecule has 2 aromatic carbocycles. The number of rotatable bonds is 9. The van der Waals surface area contributed by atoms with Crippen LogP contribution < -0.4 is 9.47 Å². The number of methoxy groups -OCH3 is 2. The number of ether oxygens (including phenoxy) is 3. The van der Waals surface area contributed by atoms with Gasteiger partial charge < -0.3 is 19.3 Å². The Morgan fingerprint density at radius 3 is 2.32 bits per heavy atom. The van der Waals surface area contributed by atoms with Gasteiger partial charge in [0, 0.05) is 26.9 Å². The van der Waals surface area contributed by atoms with Gasteiger partial charge in [0.1, 0.15) is 11.3 Å². The summed E-state index contributed by atoms with van der Waals surface area (Å²) in [5.41, 5.74) is 4.83. The number of phenolic OH excluding ortho intramolecular Hbond substituents is 1. The van der Waals surface area contributed by atoms with Crippen LogP contribution in [0, 0.1) is 13.8 Å². The van der Waals surface area contributed by atoms with Crippen molar-refractivity contribution in [1.29, 1.82) is 0 Å². The molecule has 0 bridgehead atoms. The highest BCUT2D eigenvalue weighted by Crippen LogP contribution is 2.43. The Balaban J connectivity index is 1.78. The summed E-state index contributed by atoms with van der Waals surface area (Å²) in [5, 5.41) is 11.0. The third-order valence-electron chi connectivity index (χ3n) is 5.55. The number of aryl methyl sites for hydroxylation is 2. The Morgan fingerprint density at radius 1 is 0.946 bits per heavy atom. The molecular formula is C28H28N2O5S2. The maximum absolute atomic E-state index is 12.4. The van der Waals surface area contributed by atoms with Crippen molar-refractivity contribution in [1.82, 2.24) is 9.97 Å². The summed E-state index contributed by atoms with van der Waals surface area (Å²) in [4.78, 5) is 23.6. The zero-order valence-electron chi connectivity index (χ0n) is 21.3. The minimum Gasteiger partial charge on any atom is -0.507 e. The molecule has 0 aliphatic heterocycles. The van der Waals surface area contributed by atoms with Gasteiger partial charge in [0.25, 0.3) is 0 Å². The van der Waals surface area contributed by atoms with E-state index in [1.165, 1.54) is 6.07 Å². The zero-order valence-corrected chi connectivity index (χ0v) is 23.0. The molecule has 9 heteroatoms. The van der Waals surface area contributed by atoms with E-state index < -0.39 is 5.97 Å². The number of aromatic nitrogens is 2. The van der Waals surface area contributed by atoms with Crippen LogP contribution in [-0.4, -0.2) is 41.9 Å². The number of hydrogen-bond donors (Lipinski definition) is 1. The number of carbonyl (C=O) groups excluding carboxylic acids is 1. The lowest BCUT2D eigenvalue weighted by Gasteiger charge is -2.09. The molecule has 4 aromatic rings. The lowest BCUT2D eigenvalue weighted by atomic mass is 10.1. The number of carbonyl (C=O) groups is 1. The summed E-state index contributed by atoms with van der Waals surface area (Å²) in [6.07, 6.45) is 0. The second kappa shape index (κ2) is 11.7. The second-order valence-electron chi connectivity index (χ2n) is 8.21. The van der Waals surface area contributed by atoms with Crippen LogP contribution in [0.15, 0.2) is 53.7 Å². The highest BCUT2D eigenvalue weighted by atomic mass is 32.2. The number of benzene rings is 2. The molecule has 7 nitrogen and oxygen atoms in total. The average molecular weight is 537 g/mol. The first-order valence-electron chi connectivity index (χ1n) is 11.6. The first-order chi connectivity index (χ1) is 17.8. The smallest absolute Gasteiger partial charge is 0.341 e. The Labute approximate surface area is 224 Å². The van der Waals surface area contributed by atoms with Crippen LogP contribution in [0.4, 0.5) is 0 Å². The van der Waals surface area contributed by atoms with E-state index in [2.05, 4.69) is 16.0 Å². The Kier molecular flexibility index (Phi) is 8.35. The standard InChI is InChI=1S/C28H28N2O5S2/c1-6-35-27(32)21-12-19(7-9-22(21)31)26-20(15-36-28-29-16(2)11-17(3)30-28)14-25(37-26)18-8-10-23(33-4)24(13-18)34-5/h7-14,31H,6,15H2,1-5H3. The number of aromatic hydroxyl groups is 1. The van der Waals surface area contributed by atoms with E-state index in [0.717, 1.165) is 37.8 Å². The number of nitrogens with zero attached hydrogens (tertiary/aromatic N) is 2. The van der Waals surface area contributed by atoms with Crippen LogP contribution in [0.3, 0.4) is 0 Å². The third kappa shape index (κ3) is 6.06. The Bertz CT molecular complexity index is 1410.